The maximum atomic E-state index is 12.8. The van der Waals surface area contributed by atoms with Crippen LogP contribution in [0.5, 0.6) is 0 Å². The number of ether oxygens (including phenoxy) is 1. The van der Waals surface area contributed by atoms with Crippen LogP contribution >= 0.6 is 27.7 Å². The summed E-state index contributed by atoms with van der Waals surface area (Å²) in [6.45, 7) is 7.58. The number of hydrogen-bond donors (Lipinski definition) is 1. The molecule has 0 fully saturated rings. The lowest BCUT2D eigenvalue weighted by molar-refractivity contribution is -0.143. The molecule has 1 aliphatic heterocycles. The van der Waals surface area contributed by atoms with Crippen molar-refractivity contribution in [3.8, 4) is 0 Å². The second kappa shape index (κ2) is 7.87. The Labute approximate surface area is 164 Å². The number of esters is 1. The molecule has 1 aliphatic rings. The van der Waals surface area contributed by atoms with Crippen molar-refractivity contribution in [3.63, 3.8) is 0 Å². The number of rotatable bonds is 6. The summed E-state index contributed by atoms with van der Waals surface area (Å²) in [5, 5.41) is 8.42. The molecule has 3 rings (SSSR count). The minimum atomic E-state index is -0.535. The Balaban J connectivity index is 2.06. The third kappa shape index (κ3) is 3.83. The first kappa shape index (κ1) is 19.0. The van der Waals surface area contributed by atoms with Crippen LogP contribution in [0.25, 0.3) is 0 Å². The van der Waals surface area contributed by atoms with Gasteiger partial charge in [-0.3, -0.25) is 0 Å². The fourth-order valence-electron chi connectivity index (χ4n) is 2.67. The van der Waals surface area contributed by atoms with Gasteiger partial charge in [-0.25, -0.2) is 9.48 Å². The average Bonchev–Trinajstić information content (AvgIpc) is 3.16. The quantitative estimate of drug-likeness (QED) is 0.526. The maximum absolute atomic E-state index is 12.8. The molecule has 1 unspecified atom stereocenters. The van der Waals surface area contributed by atoms with Crippen LogP contribution in [-0.4, -0.2) is 32.6 Å². The van der Waals surface area contributed by atoms with Gasteiger partial charge in [0, 0.05) is 11.4 Å². The molecule has 7 nitrogen and oxygen atoms in total. The third-order valence-corrected chi connectivity index (χ3v) is 5.16. The van der Waals surface area contributed by atoms with E-state index in [9.17, 15) is 4.79 Å². The van der Waals surface area contributed by atoms with Crippen molar-refractivity contribution >= 4 is 39.6 Å². The van der Waals surface area contributed by atoms with Crippen molar-refractivity contribution in [3.05, 3.63) is 33.8 Å². The molecule has 2 aromatic heterocycles. The molecule has 0 saturated heterocycles. The second-order valence-electron chi connectivity index (χ2n) is 6.17. The number of hydrogen-bond acceptors (Lipinski definition) is 7. The van der Waals surface area contributed by atoms with E-state index in [0.29, 0.717) is 32.8 Å². The van der Waals surface area contributed by atoms with Gasteiger partial charge in [0.15, 0.2) is 4.67 Å². The van der Waals surface area contributed by atoms with Crippen molar-refractivity contribution in [1.29, 1.82) is 0 Å². The maximum Gasteiger partial charge on any atom is 0.338 e. The number of fused-ring (bicyclic) bond motifs is 1. The second-order valence-corrected chi connectivity index (χ2v) is 8.02. The SMILES string of the molecule is CCCSc1nc2n(n1)C(c1ccc(Br)o1)C(C(=O)OC(C)C)=C(C)N2. The summed E-state index contributed by atoms with van der Waals surface area (Å²) in [7, 11) is 0. The summed E-state index contributed by atoms with van der Waals surface area (Å²) in [4.78, 5) is 17.3. The number of thioether (sulfide) groups is 1. The molecular formula is C17H21BrN4O3S. The number of allylic oxidation sites excluding steroid dienone is 1. The summed E-state index contributed by atoms with van der Waals surface area (Å²) < 4.78 is 13.5. The highest BCUT2D eigenvalue weighted by molar-refractivity contribution is 9.10. The molecule has 26 heavy (non-hydrogen) atoms. The van der Waals surface area contributed by atoms with Crippen LogP contribution in [0.3, 0.4) is 0 Å². The van der Waals surface area contributed by atoms with Gasteiger partial charge in [0.05, 0.1) is 11.7 Å². The number of halogens is 1. The van der Waals surface area contributed by atoms with E-state index in [1.54, 1.807) is 22.5 Å². The molecule has 0 radical (unpaired) electrons. The molecule has 0 saturated carbocycles. The van der Waals surface area contributed by atoms with Crippen LogP contribution in [0.1, 0.15) is 45.9 Å². The van der Waals surface area contributed by atoms with E-state index in [1.165, 1.54) is 0 Å². The number of furan rings is 1. The fraction of sp³-hybridized carbons (Fsp3) is 0.471. The van der Waals surface area contributed by atoms with Gasteiger partial charge in [0.2, 0.25) is 11.1 Å². The monoisotopic (exact) mass is 440 g/mol. The number of nitrogens with zero attached hydrogens (tertiary/aromatic N) is 3. The highest BCUT2D eigenvalue weighted by atomic mass is 79.9. The van der Waals surface area contributed by atoms with Crippen LogP contribution in [0.2, 0.25) is 0 Å². The van der Waals surface area contributed by atoms with E-state index in [-0.39, 0.29) is 6.10 Å². The third-order valence-electron chi connectivity index (χ3n) is 3.69. The molecule has 9 heteroatoms. The summed E-state index contributed by atoms with van der Waals surface area (Å²) in [6.07, 6.45) is 0.805. The summed E-state index contributed by atoms with van der Waals surface area (Å²) in [5.74, 6) is 1.70. The van der Waals surface area contributed by atoms with E-state index in [0.717, 1.165) is 12.2 Å². The molecule has 1 atom stereocenters. The topological polar surface area (TPSA) is 82.2 Å². The van der Waals surface area contributed by atoms with Gasteiger partial charge in [-0.05, 0) is 55.3 Å². The lowest BCUT2D eigenvalue weighted by Crippen LogP contribution is -2.30. The molecule has 0 aliphatic carbocycles. The first-order chi connectivity index (χ1) is 12.4. The van der Waals surface area contributed by atoms with E-state index < -0.39 is 12.0 Å². The highest BCUT2D eigenvalue weighted by Gasteiger charge is 2.37. The van der Waals surface area contributed by atoms with E-state index in [2.05, 4.69) is 38.3 Å². The van der Waals surface area contributed by atoms with Gasteiger partial charge >= 0.3 is 5.97 Å². The van der Waals surface area contributed by atoms with Gasteiger partial charge in [-0.15, -0.1) is 5.10 Å². The van der Waals surface area contributed by atoms with Crippen LogP contribution in [0, 0.1) is 0 Å². The Bertz CT molecular complexity index is 843. The van der Waals surface area contributed by atoms with Gasteiger partial charge in [0.1, 0.15) is 11.8 Å². The normalized spacial score (nSPS) is 16.6. The summed E-state index contributed by atoms with van der Waals surface area (Å²) >= 11 is 4.91. The summed E-state index contributed by atoms with van der Waals surface area (Å²) in [6, 6.07) is 3.08. The largest absolute Gasteiger partial charge is 0.459 e. The Kier molecular flexibility index (Phi) is 5.76. The molecule has 0 aromatic carbocycles. The van der Waals surface area contributed by atoms with E-state index in [4.69, 9.17) is 9.15 Å². The van der Waals surface area contributed by atoms with Crippen molar-refractivity contribution in [2.75, 3.05) is 11.1 Å². The zero-order chi connectivity index (χ0) is 18.8. The van der Waals surface area contributed by atoms with Crippen molar-refractivity contribution in [1.82, 2.24) is 14.8 Å². The highest BCUT2D eigenvalue weighted by Crippen LogP contribution is 2.38. The average molecular weight is 441 g/mol. The lowest BCUT2D eigenvalue weighted by Gasteiger charge is -2.26. The fourth-order valence-corrected chi connectivity index (χ4v) is 3.67. The zero-order valence-corrected chi connectivity index (χ0v) is 17.5. The molecule has 1 N–H and O–H groups in total. The standard InChI is InChI=1S/C17H21BrN4O3S/c1-5-8-26-17-20-16-19-10(4)13(15(23)24-9(2)3)14(22(16)21-17)11-6-7-12(18)25-11/h6-7,9,14H,5,8H2,1-4H3,(H,19,20,21). The van der Waals surface area contributed by atoms with Crippen LogP contribution in [-0.2, 0) is 9.53 Å². The lowest BCUT2D eigenvalue weighted by atomic mass is 10.0. The Hall–Kier alpha value is -1.74. The van der Waals surface area contributed by atoms with E-state index >= 15 is 0 Å². The number of anilines is 1. The van der Waals surface area contributed by atoms with Crippen molar-refractivity contribution in [2.24, 2.45) is 0 Å². The number of nitrogens with one attached hydrogen (secondary N) is 1. The Morgan fingerprint density at radius 3 is 2.88 bits per heavy atom. The van der Waals surface area contributed by atoms with Gasteiger partial charge in [-0.2, -0.15) is 4.98 Å². The van der Waals surface area contributed by atoms with Crippen molar-refractivity contribution in [2.45, 2.75) is 51.4 Å². The number of carbonyl (C=O) groups excluding carboxylic acids is 1. The minimum absolute atomic E-state index is 0.223. The van der Waals surface area contributed by atoms with Crippen LogP contribution in [0.4, 0.5) is 5.95 Å². The molecule has 140 valence electrons. The predicted octanol–water partition coefficient (Wildman–Crippen LogP) is 4.38. The predicted molar refractivity (Wildman–Crippen MR) is 103 cm³/mol. The van der Waals surface area contributed by atoms with Crippen molar-refractivity contribution < 1.29 is 13.9 Å². The van der Waals surface area contributed by atoms with Gasteiger partial charge in [-0.1, -0.05) is 18.7 Å². The molecule has 0 spiro atoms. The molecule has 3 heterocycles. The Morgan fingerprint density at radius 2 is 2.27 bits per heavy atom. The van der Waals surface area contributed by atoms with Crippen LogP contribution in [0.15, 0.2) is 37.6 Å². The summed E-state index contributed by atoms with van der Waals surface area (Å²) in [5.41, 5.74) is 1.14. The minimum Gasteiger partial charge on any atom is -0.459 e. The van der Waals surface area contributed by atoms with Crippen LogP contribution < -0.4 is 5.32 Å². The first-order valence-corrected chi connectivity index (χ1v) is 10.2. The molecule has 0 amide bonds. The molecule has 2 aromatic rings. The smallest absolute Gasteiger partial charge is 0.338 e. The number of carbonyl (C=O) groups is 1. The van der Waals surface area contributed by atoms with Gasteiger partial charge < -0.3 is 14.5 Å². The Morgan fingerprint density at radius 1 is 1.50 bits per heavy atom. The number of aromatic nitrogens is 3. The zero-order valence-electron chi connectivity index (χ0n) is 15.1. The first-order valence-electron chi connectivity index (χ1n) is 8.44. The van der Waals surface area contributed by atoms with Gasteiger partial charge in [0.25, 0.3) is 0 Å². The molecular weight excluding hydrogens is 420 g/mol. The van der Waals surface area contributed by atoms with E-state index in [1.807, 2.05) is 26.8 Å². The molecule has 0 bridgehead atoms.